The van der Waals surface area contributed by atoms with Crippen LogP contribution in [0.4, 0.5) is 0 Å². The molecule has 2 fully saturated rings. The number of furan rings is 1. The van der Waals surface area contributed by atoms with Gasteiger partial charge < -0.3 is 38.9 Å². The van der Waals surface area contributed by atoms with Gasteiger partial charge in [0, 0.05) is 76.4 Å². The van der Waals surface area contributed by atoms with Gasteiger partial charge in [-0.25, -0.2) is 4.79 Å². The molecular weight excluding hydrogens is 749 g/mol. The van der Waals surface area contributed by atoms with E-state index in [1.165, 1.54) is 6.92 Å². The molecule has 1 unspecified atom stereocenters. The summed E-state index contributed by atoms with van der Waals surface area (Å²) in [5, 5.41) is 16.2. The number of esters is 2. The van der Waals surface area contributed by atoms with Crippen molar-refractivity contribution >= 4 is 34.7 Å². The number of hydrogen-bond acceptors (Lipinski definition) is 14. The molecule has 0 amide bonds. The number of aryl methyl sites for hydroxylation is 1. The van der Waals surface area contributed by atoms with Crippen LogP contribution < -0.4 is 30.0 Å². The van der Waals surface area contributed by atoms with Gasteiger partial charge in [-0.2, -0.15) is 11.8 Å². The average molecular weight is 797 g/mol. The molecule has 4 aromatic rings. The second-order valence-corrected chi connectivity index (χ2v) is 17.9. The topological polar surface area (TPSA) is 158 Å². The first kappa shape index (κ1) is 36.8. The maximum Gasteiger partial charge on any atom is 0.331 e. The van der Waals surface area contributed by atoms with Gasteiger partial charge in [0.25, 0.3) is 0 Å². The molecule has 0 radical (unpaired) electrons. The van der Waals surface area contributed by atoms with Crippen molar-refractivity contribution in [2.45, 2.75) is 94.0 Å². The normalized spacial score (nSPS) is 30.5. The maximum absolute atomic E-state index is 14.6. The van der Waals surface area contributed by atoms with E-state index in [4.69, 9.17) is 33.8 Å². The summed E-state index contributed by atoms with van der Waals surface area (Å²) in [5.74, 6) is 1.71. The molecule has 1 aromatic heterocycles. The van der Waals surface area contributed by atoms with E-state index in [9.17, 15) is 14.7 Å². The molecule has 6 aliphatic heterocycles. The molecule has 7 heterocycles. The predicted octanol–water partition coefficient (Wildman–Crippen LogP) is 5.75. The molecule has 6 aliphatic rings. The van der Waals surface area contributed by atoms with Crippen molar-refractivity contribution < 1.29 is 42.8 Å². The van der Waals surface area contributed by atoms with Gasteiger partial charge >= 0.3 is 11.9 Å². The zero-order chi connectivity index (χ0) is 39.9. The molecule has 0 saturated carbocycles. The first-order valence-electron chi connectivity index (χ1n) is 19.6. The van der Waals surface area contributed by atoms with Crippen molar-refractivity contribution in [3.63, 3.8) is 0 Å². The van der Waals surface area contributed by atoms with Crippen LogP contribution in [0.15, 0.2) is 34.7 Å². The lowest BCUT2D eigenvalue weighted by molar-refractivity contribution is -0.153. The third-order valence-corrected chi connectivity index (χ3v) is 14.6. The predicted molar refractivity (Wildman–Crippen MR) is 212 cm³/mol. The highest BCUT2D eigenvalue weighted by molar-refractivity contribution is 7.98. The number of carbonyl (C=O) groups excluding carboxylic acids is 2. The van der Waals surface area contributed by atoms with E-state index >= 15 is 0 Å². The number of nitrogens with zero attached hydrogens (tertiary/aromatic N) is 2. The number of nitrogens with two attached hydrogens (primary N) is 1. The molecule has 13 nitrogen and oxygen atoms in total. The van der Waals surface area contributed by atoms with E-state index in [1.807, 2.05) is 38.1 Å². The van der Waals surface area contributed by atoms with E-state index < -0.39 is 35.1 Å². The fraction of sp³-hybridized carbons (Fsp3) is 0.488. The fourth-order valence-electron chi connectivity index (χ4n) is 11.7. The molecule has 0 spiro atoms. The quantitative estimate of drug-likeness (QED) is 0.153. The Kier molecular flexibility index (Phi) is 8.25. The monoisotopic (exact) mass is 796 g/mol. The number of carbonyl (C=O) groups is 2. The van der Waals surface area contributed by atoms with Crippen LogP contribution in [0.1, 0.15) is 95.3 Å². The van der Waals surface area contributed by atoms with Crippen molar-refractivity contribution in [1.29, 1.82) is 0 Å². The minimum Gasteiger partial charge on any atom is -0.504 e. The second-order valence-electron chi connectivity index (χ2n) is 16.9. The van der Waals surface area contributed by atoms with E-state index in [0.29, 0.717) is 59.4 Å². The highest BCUT2D eigenvalue weighted by Crippen LogP contribution is 2.70. The molecular formula is C43H48N4O9S. The zero-order valence-electron chi connectivity index (χ0n) is 33.2. The van der Waals surface area contributed by atoms with Gasteiger partial charge in [-0.3, -0.25) is 19.9 Å². The fourth-order valence-corrected chi connectivity index (χ4v) is 12.7. The van der Waals surface area contributed by atoms with Crippen molar-refractivity contribution in [3.05, 3.63) is 75.0 Å². The molecule has 0 aliphatic carbocycles. The molecule has 14 heteroatoms. The maximum atomic E-state index is 14.6. The average Bonchev–Trinajstić information content (AvgIpc) is 3.93. The molecule has 8 atom stereocenters. The number of fused-ring (bicyclic) bond motifs is 13. The van der Waals surface area contributed by atoms with Crippen LogP contribution in [0.25, 0.3) is 11.0 Å². The summed E-state index contributed by atoms with van der Waals surface area (Å²) >= 11 is 1.67. The number of phenolic OH excluding ortho intramolecular Hbond substituents is 1. The number of phenols is 1. The lowest BCUT2D eigenvalue weighted by atomic mass is 9.73. The lowest BCUT2D eigenvalue weighted by Gasteiger charge is -2.59. The smallest absolute Gasteiger partial charge is 0.331 e. The Morgan fingerprint density at radius 2 is 1.88 bits per heavy atom. The number of nitrogens with one attached hydrogen (secondary N) is 1. The Bertz CT molecular complexity index is 2400. The summed E-state index contributed by atoms with van der Waals surface area (Å²) in [7, 11) is 1.59. The number of piperazine rings is 1. The van der Waals surface area contributed by atoms with E-state index in [2.05, 4.69) is 41.3 Å². The number of rotatable bonds is 7. The molecule has 57 heavy (non-hydrogen) atoms. The summed E-state index contributed by atoms with van der Waals surface area (Å²) in [6, 6.07) is 7.83. The minimum atomic E-state index is -0.874. The van der Waals surface area contributed by atoms with Crippen molar-refractivity contribution in [1.82, 2.24) is 15.1 Å². The highest BCUT2D eigenvalue weighted by Gasteiger charge is 2.70. The molecule has 300 valence electrons. The summed E-state index contributed by atoms with van der Waals surface area (Å²) in [5.41, 5.74) is 12.1. The van der Waals surface area contributed by atoms with Crippen molar-refractivity contribution in [2.75, 3.05) is 39.9 Å². The zero-order valence-corrected chi connectivity index (χ0v) is 34.0. The molecule has 3 aromatic carbocycles. The van der Waals surface area contributed by atoms with E-state index in [0.717, 1.165) is 45.2 Å². The van der Waals surface area contributed by atoms with Gasteiger partial charge in [0.15, 0.2) is 29.0 Å². The van der Waals surface area contributed by atoms with Crippen LogP contribution in [-0.2, 0) is 26.3 Å². The number of aromatic hydroxyl groups is 1. The van der Waals surface area contributed by atoms with Gasteiger partial charge in [-0.1, -0.05) is 18.2 Å². The molecule has 2 bridgehead atoms. The summed E-state index contributed by atoms with van der Waals surface area (Å²) < 4.78 is 37.2. The Labute approximate surface area is 335 Å². The minimum absolute atomic E-state index is 0.000551. The SMILES string of the molecule is COc1c(C)cc2c(c1O)[C@@H]1[C@@H]3[C@H](SC)c4c(OC(C)=O)c(C)c5c(c4[C@H](COC(=O)[C@@H]4N[C@@H](CN)Cc6c4oc4ccccc64)N3[C@@]3(C)CN1C2(C)C3)OCO5. The first-order chi connectivity index (χ1) is 27.3. The molecule has 2 saturated heterocycles. The summed E-state index contributed by atoms with van der Waals surface area (Å²) in [6.07, 6.45) is 3.44. The number of benzene rings is 3. The number of para-hydroxylation sites is 1. The van der Waals surface area contributed by atoms with Gasteiger partial charge in [-0.15, -0.1) is 0 Å². The number of methoxy groups -OCH3 is 1. The molecule has 10 rings (SSSR count). The van der Waals surface area contributed by atoms with Crippen LogP contribution >= 0.6 is 11.8 Å². The Morgan fingerprint density at radius 1 is 1.11 bits per heavy atom. The van der Waals surface area contributed by atoms with Gasteiger partial charge in [0.05, 0.1) is 24.4 Å². The third-order valence-electron chi connectivity index (χ3n) is 13.6. The number of thioether (sulfide) groups is 1. The van der Waals surface area contributed by atoms with Gasteiger partial charge in [0.1, 0.15) is 23.7 Å². The van der Waals surface area contributed by atoms with Crippen LogP contribution in [0.2, 0.25) is 0 Å². The Morgan fingerprint density at radius 3 is 2.61 bits per heavy atom. The Hall–Kier alpha value is -4.47. The van der Waals surface area contributed by atoms with E-state index in [1.54, 1.807) is 18.9 Å². The number of hydrogen-bond donors (Lipinski definition) is 3. The van der Waals surface area contributed by atoms with Crippen LogP contribution in [0.5, 0.6) is 28.7 Å². The Balaban J connectivity index is 1.15. The van der Waals surface area contributed by atoms with E-state index in [-0.39, 0.29) is 42.5 Å². The molecule has 4 N–H and O–H groups in total. The van der Waals surface area contributed by atoms with Crippen LogP contribution in [-0.4, -0.2) is 84.3 Å². The highest BCUT2D eigenvalue weighted by atomic mass is 32.2. The standard InChI is InChI=1S/C43H48N4O9S/c1-19-12-25-28(34(49)35(19)51-6)32-33-40(57-7)30-29(39-37(53-18-54-39)20(2)36(30)55-21(3)48)26(47(33)42(4)16-43(25,5)46(32)17-42)15-52-41(50)31-38-24(13-22(14-44)45-31)23-10-8-9-11-27(23)56-38/h8-12,22,26,31-33,40,45,49H,13-18,44H2,1-7H3/t22-,26+,31-,32-,33-,40-,42-,43?/m1/s1. The summed E-state index contributed by atoms with van der Waals surface area (Å²) in [6.45, 7) is 10.8. The second kappa shape index (κ2) is 12.8. The number of ether oxygens (including phenoxy) is 5. The van der Waals surface area contributed by atoms with Gasteiger partial charge in [0.2, 0.25) is 6.79 Å². The van der Waals surface area contributed by atoms with Crippen LogP contribution in [0, 0.1) is 13.8 Å². The first-order valence-corrected chi connectivity index (χ1v) is 20.9. The third kappa shape index (κ3) is 4.91. The largest absolute Gasteiger partial charge is 0.504 e. The van der Waals surface area contributed by atoms with Crippen molar-refractivity contribution in [3.8, 4) is 28.7 Å². The summed E-state index contributed by atoms with van der Waals surface area (Å²) in [4.78, 5) is 32.5. The lowest BCUT2D eigenvalue weighted by Crippen LogP contribution is -2.65. The van der Waals surface area contributed by atoms with Crippen molar-refractivity contribution in [2.24, 2.45) is 5.73 Å². The van der Waals surface area contributed by atoms with Crippen LogP contribution in [0.3, 0.4) is 0 Å². The van der Waals surface area contributed by atoms with Gasteiger partial charge in [-0.05, 0) is 70.1 Å².